The summed E-state index contributed by atoms with van der Waals surface area (Å²) in [6, 6.07) is 6.43. The third-order valence-electron chi connectivity index (χ3n) is 5.67. The lowest BCUT2D eigenvalue weighted by atomic mass is 10.0. The Morgan fingerprint density at radius 2 is 1.84 bits per heavy atom. The van der Waals surface area contributed by atoms with Crippen molar-refractivity contribution in [3.05, 3.63) is 63.8 Å². The minimum atomic E-state index is -0.674. The van der Waals surface area contributed by atoms with Crippen molar-refractivity contribution in [2.75, 3.05) is 18.5 Å². The standard InChI is InChI=1S/C23H29FN4O3/c1-14(2)21(26-22(30)15(3)25-4)23(31)28-10-9-17-11-20(29)27(13-19(17)28)12-16-5-7-18(24)8-6-16/h5-8,11,13-15,21,25H,9-10,12H2,1-4H3,(H,26,30)/t15-,21-/m0/s1. The Morgan fingerprint density at radius 1 is 1.16 bits per heavy atom. The number of benzene rings is 1. The minimum Gasteiger partial charge on any atom is -0.343 e. The number of hydrogen-bond acceptors (Lipinski definition) is 4. The summed E-state index contributed by atoms with van der Waals surface area (Å²) in [7, 11) is 1.69. The number of aromatic nitrogens is 1. The van der Waals surface area contributed by atoms with Crippen LogP contribution in [0.5, 0.6) is 0 Å². The number of hydrogen-bond donors (Lipinski definition) is 2. The Labute approximate surface area is 181 Å². The van der Waals surface area contributed by atoms with Gasteiger partial charge in [0, 0.05) is 18.8 Å². The fourth-order valence-electron chi connectivity index (χ4n) is 3.63. The Bertz CT molecular complexity index is 1020. The molecule has 31 heavy (non-hydrogen) atoms. The Morgan fingerprint density at radius 3 is 2.45 bits per heavy atom. The van der Waals surface area contributed by atoms with Gasteiger partial charge in [0.2, 0.25) is 11.8 Å². The van der Waals surface area contributed by atoms with Gasteiger partial charge in [-0.25, -0.2) is 4.39 Å². The number of nitrogens with zero attached hydrogens (tertiary/aromatic N) is 2. The number of halogens is 1. The van der Waals surface area contributed by atoms with Gasteiger partial charge in [0.1, 0.15) is 11.9 Å². The van der Waals surface area contributed by atoms with Crippen LogP contribution < -0.4 is 21.1 Å². The summed E-state index contributed by atoms with van der Waals surface area (Å²) in [5.41, 5.74) is 2.10. The predicted molar refractivity (Wildman–Crippen MR) is 118 cm³/mol. The van der Waals surface area contributed by atoms with Gasteiger partial charge in [0.15, 0.2) is 0 Å². The van der Waals surface area contributed by atoms with Gasteiger partial charge in [-0.2, -0.15) is 0 Å². The molecule has 0 saturated heterocycles. The van der Waals surface area contributed by atoms with Crippen LogP contribution in [0, 0.1) is 11.7 Å². The second-order valence-electron chi connectivity index (χ2n) is 8.26. The van der Waals surface area contributed by atoms with Gasteiger partial charge in [-0.3, -0.25) is 14.4 Å². The van der Waals surface area contributed by atoms with Crippen molar-refractivity contribution in [3.63, 3.8) is 0 Å². The topological polar surface area (TPSA) is 83.4 Å². The van der Waals surface area contributed by atoms with E-state index in [0.717, 1.165) is 11.1 Å². The Balaban J connectivity index is 1.86. The molecule has 2 N–H and O–H groups in total. The first kappa shape index (κ1) is 22.7. The fraction of sp³-hybridized carbons (Fsp3) is 0.435. The minimum absolute atomic E-state index is 0.102. The highest BCUT2D eigenvalue weighted by Crippen LogP contribution is 2.28. The van der Waals surface area contributed by atoms with Crippen LogP contribution in [0.4, 0.5) is 10.1 Å². The van der Waals surface area contributed by atoms with Crippen molar-refractivity contribution in [2.45, 2.75) is 45.8 Å². The van der Waals surface area contributed by atoms with Crippen LogP contribution in [0.25, 0.3) is 0 Å². The molecule has 0 fully saturated rings. The number of carbonyl (C=O) groups excluding carboxylic acids is 2. The monoisotopic (exact) mass is 428 g/mol. The second kappa shape index (κ2) is 9.43. The van der Waals surface area contributed by atoms with Crippen molar-refractivity contribution < 1.29 is 14.0 Å². The van der Waals surface area contributed by atoms with Gasteiger partial charge in [0.05, 0.1) is 18.3 Å². The van der Waals surface area contributed by atoms with E-state index in [-0.39, 0.29) is 35.7 Å². The molecule has 2 heterocycles. The lowest BCUT2D eigenvalue weighted by Gasteiger charge is -2.28. The maximum atomic E-state index is 13.3. The molecule has 0 radical (unpaired) electrons. The van der Waals surface area contributed by atoms with Crippen LogP contribution >= 0.6 is 0 Å². The third-order valence-corrected chi connectivity index (χ3v) is 5.67. The fourth-order valence-corrected chi connectivity index (χ4v) is 3.63. The number of anilines is 1. The summed E-state index contributed by atoms with van der Waals surface area (Å²) in [5.74, 6) is -0.876. The lowest BCUT2D eigenvalue weighted by molar-refractivity contribution is -0.129. The summed E-state index contributed by atoms with van der Waals surface area (Å²) in [5, 5.41) is 5.72. The van der Waals surface area contributed by atoms with Crippen LogP contribution in [0.3, 0.4) is 0 Å². The molecule has 2 amide bonds. The molecule has 166 valence electrons. The number of rotatable bonds is 7. The van der Waals surface area contributed by atoms with Crippen LogP contribution in [0.1, 0.15) is 31.9 Å². The van der Waals surface area contributed by atoms with E-state index in [1.807, 2.05) is 13.8 Å². The molecule has 2 atom stereocenters. The first-order chi connectivity index (χ1) is 14.7. The van der Waals surface area contributed by atoms with E-state index < -0.39 is 12.1 Å². The molecule has 8 heteroatoms. The van der Waals surface area contributed by atoms with E-state index in [2.05, 4.69) is 10.6 Å². The summed E-state index contributed by atoms with van der Waals surface area (Å²) >= 11 is 0. The average molecular weight is 429 g/mol. The van der Waals surface area contributed by atoms with Crippen molar-refractivity contribution in [2.24, 2.45) is 5.92 Å². The molecular formula is C23H29FN4O3. The highest BCUT2D eigenvalue weighted by molar-refractivity contribution is 6.01. The summed E-state index contributed by atoms with van der Waals surface area (Å²) in [4.78, 5) is 39.9. The zero-order valence-corrected chi connectivity index (χ0v) is 18.3. The largest absolute Gasteiger partial charge is 0.343 e. The van der Waals surface area contributed by atoms with E-state index in [9.17, 15) is 18.8 Å². The molecule has 1 aliphatic heterocycles. The number of likely N-dealkylation sites (N-methyl/N-ethyl adjacent to an activating group) is 1. The SMILES string of the molecule is CN[C@@H](C)C(=O)N[C@H](C(=O)N1CCc2cc(=O)n(Cc3ccc(F)cc3)cc21)C(C)C. The van der Waals surface area contributed by atoms with E-state index >= 15 is 0 Å². The summed E-state index contributed by atoms with van der Waals surface area (Å²) in [6.07, 6.45) is 2.26. The van der Waals surface area contributed by atoms with E-state index in [1.54, 1.807) is 43.3 Å². The highest BCUT2D eigenvalue weighted by Gasteiger charge is 2.34. The maximum absolute atomic E-state index is 13.3. The average Bonchev–Trinajstić information content (AvgIpc) is 3.14. The number of fused-ring (bicyclic) bond motifs is 1. The highest BCUT2D eigenvalue weighted by atomic mass is 19.1. The van der Waals surface area contributed by atoms with Gasteiger partial charge in [0.25, 0.3) is 5.56 Å². The van der Waals surface area contributed by atoms with Crippen LogP contribution in [0.2, 0.25) is 0 Å². The molecule has 7 nitrogen and oxygen atoms in total. The third kappa shape index (κ3) is 5.02. The van der Waals surface area contributed by atoms with Crippen LogP contribution in [-0.4, -0.2) is 42.1 Å². The first-order valence-corrected chi connectivity index (χ1v) is 10.5. The molecule has 0 bridgehead atoms. The summed E-state index contributed by atoms with van der Waals surface area (Å²) < 4.78 is 14.7. The zero-order chi connectivity index (χ0) is 22.7. The molecule has 1 aromatic heterocycles. The number of nitrogens with one attached hydrogen (secondary N) is 2. The van der Waals surface area contributed by atoms with Gasteiger partial charge in [-0.1, -0.05) is 26.0 Å². The van der Waals surface area contributed by atoms with Crippen LogP contribution in [0.15, 0.2) is 41.3 Å². The smallest absolute Gasteiger partial charge is 0.251 e. The van der Waals surface area contributed by atoms with Gasteiger partial charge >= 0.3 is 0 Å². The molecular weight excluding hydrogens is 399 g/mol. The van der Waals surface area contributed by atoms with Crippen molar-refractivity contribution >= 4 is 17.5 Å². The number of pyridine rings is 1. The van der Waals surface area contributed by atoms with Gasteiger partial charge < -0.3 is 20.1 Å². The number of amides is 2. The van der Waals surface area contributed by atoms with Crippen molar-refractivity contribution in [1.82, 2.24) is 15.2 Å². The van der Waals surface area contributed by atoms with Crippen molar-refractivity contribution in [3.8, 4) is 0 Å². The van der Waals surface area contributed by atoms with E-state index in [4.69, 9.17) is 0 Å². The molecule has 0 aliphatic carbocycles. The first-order valence-electron chi connectivity index (χ1n) is 10.5. The molecule has 3 rings (SSSR count). The Hall–Kier alpha value is -3.00. The normalized spacial score (nSPS) is 15.0. The van der Waals surface area contributed by atoms with E-state index in [0.29, 0.717) is 18.7 Å². The molecule has 0 unspecified atom stereocenters. The molecule has 0 saturated carbocycles. The molecule has 2 aromatic rings. The van der Waals surface area contributed by atoms with Gasteiger partial charge in [-0.05, 0) is 49.6 Å². The van der Waals surface area contributed by atoms with Gasteiger partial charge in [-0.15, -0.1) is 0 Å². The quantitative estimate of drug-likeness (QED) is 0.703. The predicted octanol–water partition coefficient (Wildman–Crippen LogP) is 1.67. The maximum Gasteiger partial charge on any atom is 0.251 e. The van der Waals surface area contributed by atoms with E-state index in [1.165, 1.54) is 16.7 Å². The summed E-state index contributed by atoms with van der Waals surface area (Å²) in [6.45, 7) is 6.24. The molecule has 1 aromatic carbocycles. The number of carbonyl (C=O) groups is 2. The lowest BCUT2D eigenvalue weighted by Crippen LogP contribution is -2.54. The second-order valence-corrected chi connectivity index (χ2v) is 8.26. The zero-order valence-electron chi connectivity index (χ0n) is 18.3. The molecule has 1 aliphatic rings. The van der Waals surface area contributed by atoms with Crippen molar-refractivity contribution in [1.29, 1.82) is 0 Å². The molecule has 0 spiro atoms. The Kier molecular flexibility index (Phi) is 6.90. The van der Waals surface area contributed by atoms with Crippen LogP contribution in [-0.2, 0) is 22.6 Å².